The molecule has 0 spiro atoms. The van der Waals surface area contributed by atoms with Gasteiger partial charge >= 0.3 is 5.97 Å². The number of nitrogens with zero attached hydrogens (tertiary/aromatic N) is 1. The molecule has 0 N–H and O–H groups in total. The molecule has 3 rings (SSSR count). The molecule has 0 amide bonds. The Morgan fingerprint density at radius 3 is 2.50 bits per heavy atom. The van der Waals surface area contributed by atoms with E-state index in [-0.39, 0.29) is 5.97 Å². The standard InChI is InChI=1S/C19H18ClNO3/c1-23-13-7-9-17-15(11-13)19(20)14-10-12(6-8-16(14)21-17)4-3-5-18(22)24-2/h6-11H,3-5H2,1-2H3. The van der Waals surface area contributed by atoms with Gasteiger partial charge in [0, 0.05) is 17.2 Å². The van der Waals surface area contributed by atoms with Crippen molar-refractivity contribution < 1.29 is 14.3 Å². The Balaban J connectivity index is 1.97. The highest BCUT2D eigenvalue weighted by atomic mass is 35.5. The number of carbonyl (C=O) groups excluding carboxylic acids is 1. The predicted octanol–water partition coefficient (Wildman–Crippen LogP) is 4.55. The zero-order valence-electron chi connectivity index (χ0n) is 13.6. The van der Waals surface area contributed by atoms with Crippen LogP contribution in [-0.2, 0) is 16.0 Å². The van der Waals surface area contributed by atoms with Crippen LogP contribution in [-0.4, -0.2) is 25.2 Å². The summed E-state index contributed by atoms with van der Waals surface area (Å²) >= 11 is 6.61. The highest BCUT2D eigenvalue weighted by Gasteiger charge is 2.10. The lowest BCUT2D eigenvalue weighted by molar-refractivity contribution is -0.140. The molecule has 0 radical (unpaired) electrons. The molecule has 5 heteroatoms. The number of ether oxygens (including phenoxy) is 2. The molecule has 2 aromatic carbocycles. The maximum Gasteiger partial charge on any atom is 0.305 e. The van der Waals surface area contributed by atoms with Crippen molar-refractivity contribution in [1.82, 2.24) is 4.98 Å². The lowest BCUT2D eigenvalue weighted by Crippen LogP contribution is -2.00. The summed E-state index contributed by atoms with van der Waals surface area (Å²) in [5.41, 5.74) is 2.82. The minimum Gasteiger partial charge on any atom is -0.497 e. The molecule has 0 bridgehead atoms. The molecule has 24 heavy (non-hydrogen) atoms. The van der Waals surface area contributed by atoms with Crippen molar-refractivity contribution in [3.8, 4) is 5.75 Å². The zero-order valence-corrected chi connectivity index (χ0v) is 14.4. The molecule has 0 saturated carbocycles. The summed E-state index contributed by atoms with van der Waals surface area (Å²) in [6, 6.07) is 11.7. The molecule has 0 aliphatic heterocycles. The Labute approximate surface area is 145 Å². The molecule has 0 aliphatic carbocycles. The van der Waals surface area contributed by atoms with Gasteiger partial charge in [0.1, 0.15) is 5.75 Å². The predicted molar refractivity (Wildman–Crippen MR) is 95.8 cm³/mol. The zero-order chi connectivity index (χ0) is 17.1. The molecule has 0 aliphatic rings. The summed E-state index contributed by atoms with van der Waals surface area (Å²) in [5, 5.41) is 2.45. The summed E-state index contributed by atoms with van der Waals surface area (Å²) in [6.45, 7) is 0. The number of fused-ring (bicyclic) bond motifs is 2. The number of esters is 1. The van der Waals surface area contributed by atoms with Crippen LogP contribution in [0.4, 0.5) is 0 Å². The third-order valence-corrected chi connectivity index (χ3v) is 4.46. The minimum absolute atomic E-state index is 0.187. The second-order valence-electron chi connectivity index (χ2n) is 5.59. The van der Waals surface area contributed by atoms with Crippen molar-refractivity contribution in [2.45, 2.75) is 19.3 Å². The molecule has 3 aromatic rings. The molecular formula is C19H18ClNO3. The van der Waals surface area contributed by atoms with Crippen LogP contribution in [0.3, 0.4) is 0 Å². The van der Waals surface area contributed by atoms with Gasteiger partial charge in [0.25, 0.3) is 0 Å². The molecule has 0 atom stereocenters. The molecule has 1 heterocycles. The van der Waals surface area contributed by atoms with Gasteiger partial charge in [0.05, 0.1) is 30.3 Å². The highest BCUT2D eigenvalue weighted by Crippen LogP contribution is 2.33. The number of hydrogen-bond acceptors (Lipinski definition) is 4. The van der Waals surface area contributed by atoms with Gasteiger partial charge in [-0.05, 0) is 48.7 Å². The lowest BCUT2D eigenvalue weighted by Gasteiger charge is -2.09. The molecular weight excluding hydrogens is 326 g/mol. The van der Waals surface area contributed by atoms with Gasteiger partial charge in [-0.1, -0.05) is 17.7 Å². The van der Waals surface area contributed by atoms with Gasteiger partial charge in [-0.15, -0.1) is 0 Å². The molecule has 0 saturated heterocycles. The van der Waals surface area contributed by atoms with Gasteiger partial charge in [-0.2, -0.15) is 0 Å². The number of aryl methyl sites for hydroxylation is 1. The quantitative estimate of drug-likeness (QED) is 0.504. The number of carbonyl (C=O) groups is 1. The van der Waals surface area contributed by atoms with Crippen LogP contribution in [0, 0.1) is 0 Å². The number of methoxy groups -OCH3 is 2. The first kappa shape index (κ1) is 16.5. The summed E-state index contributed by atoms with van der Waals surface area (Å²) in [6.07, 6.45) is 1.94. The van der Waals surface area contributed by atoms with Gasteiger partial charge in [-0.3, -0.25) is 4.79 Å². The maximum atomic E-state index is 11.2. The number of halogens is 1. The first-order valence-corrected chi connectivity index (χ1v) is 8.13. The van der Waals surface area contributed by atoms with E-state index >= 15 is 0 Å². The Morgan fingerprint density at radius 1 is 1.08 bits per heavy atom. The van der Waals surface area contributed by atoms with Crippen molar-refractivity contribution >= 4 is 39.4 Å². The number of aromatic nitrogens is 1. The summed E-state index contributed by atoms with van der Waals surface area (Å²) in [5.74, 6) is 0.563. The van der Waals surface area contributed by atoms with E-state index in [2.05, 4.69) is 9.72 Å². The lowest BCUT2D eigenvalue weighted by atomic mass is 10.0. The molecule has 1 aromatic heterocycles. The van der Waals surface area contributed by atoms with Crippen LogP contribution >= 0.6 is 11.6 Å². The van der Waals surface area contributed by atoms with E-state index in [1.165, 1.54) is 7.11 Å². The van der Waals surface area contributed by atoms with Crippen LogP contribution in [0.5, 0.6) is 5.75 Å². The molecule has 0 fully saturated rings. The number of hydrogen-bond donors (Lipinski definition) is 0. The van der Waals surface area contributed by atoms with Crippen molar-refractivity contribution in [3.05, 3.63) is 47.0 Å². The van der Waals surface area contributed by atoms with Crippen molar-refractivity contribution in [2.75, 3.05) is 14.2 Å². The van der Waals surface area contributed by atoms with E-state index in [0.717, 1.165) is 46.0 Å². The van der Waals surface area contributed by atoms with Crippen LogP contribution < -0.4 is 4.74 Å². The van der Waals surface area contributed by atoms with Gasteiger partial charge in [0.2, 0.25) is 0 Å². The van der Waals surface area contributed by atoms with Crippen LogP contribution in [0.15, 0.2) is 36.4 Å². The SMILES string of the molecule is COC(=O)CCCc1ccc2nc3ccc(OC)cc3c(Cl)c2c1. The number of pyridine rings is 1. The smallest absolute Gasteiger partial charge is 0.305 e. The maximum absolute atomic E-state index is 11.2. The normalized spacial score (nSPS) is 11.0. The second kappa shape index (κ2) is 7.05. The summed E-state index contributed by atoms with van der Waals surface area (Å²) < 4.78 is 9.93. The van der Waals surface area contributed by atoms with Crippen molar-refractivity contribution in [2.24, 2.45) is 0 Å². The van der Waals surface area contributed by atoms with Crippen LogP contribution in [0.2, 0.25) is 5.02 Å². The first-order chi connectivity index (χ1) is 11.6. The first-order valence-electron chi connectivity index (χ1n) is 7.75. The summed E-state index contributed by atoms with van der Waals surface area (Å²) in [4.78, 5) is 15.9. The Kier molecular flexibility index (Phi) is 4.86. The highest BCUT2D eigenvalue weighted by molar-refractivity contribution is 6.40. The van der Waals surface area contributed by atoms with Crippen LogP contribution in [0.25, 0.3) is 21.8 Å². The second-order valence-corrected chi connectivity index (χ2v) is 5.97. The molecule has 4 nitrogen and oxygen atoms in total. The largest absolute Gasteiger partial charge is 0.497 e. The van der Waals surface area contributed by atoms with Gasteiger partial charge in [0.15, 0.2) is 0 Å². The fourth-order valence-electron chi connectivity index (χ4n) is 2.74. The number of benzene rings is 2. The monoisotopic (exact) mass is 343 g/mol. The third kappa shape index (κ3) is 3.29. The Bertz CT molecular complexity index is 908. The topological polar surface area (TPSA) is 48.4 Å². The fraction of sp³-hybridized carbons (Fsp3) is 0.263. The van der Waals surface area contributed by atoms with Crippen LogP contribution in [0.1, 0.15) is 18.4 Å². The Hall–Kier alpha value is -2.33. The van der Waals surface area contributed by atoms with E-state index in [0.29, 0.717) is 11.4 Å². The molecule has 124 valence electrons. The van der Waals surface area contributed by atoms with E-state index in [9.17, 15) is 4.79 Å². The minimum atomic E-state index is -0.187. The van der Waals surface area contributed by atoms with Gasteiger partial charge < -0.3 is 9.47 Å². The van der Waals surface area contributed by atoms with E-state index in [1.807, 2.05) is 36.4 Å². The van der Waals surface area contributed by atoms with E-state index in [1.54, 1.807) is 7.11 Å². The van der Waals surface area contributed by atoms with E-state index < -0.39 is 0 Å². The molecule has 0 unspecified atom stereocenters. The van der Waals surface area contributed by atoms with Crippen molar-refractivity contribution in [3.63, 3.8) is 0 Å². The number of rotatable bonds is 5. The third-order valence-electron chi connectivity index (χ3n) is 4.05. The van der Waals surface area contributed by atoms with Gasteiger partial charge in [-0.25, -0.2) is 4.98 Å². The fourth-order valence-corrected chi connectivity index (χ4v) is 3.04. The van der Waals surface area contributed by atoms with E-state index in [4.69, 9.17) is 16.3 Å². The Morgan fingerprint density at radius 2 is 1.79 bits per heavy atom. The van der Waals surface area contributed by atoms with Crippen molar-refractivity contribution in [1.29, 1.82) is 0 Å². The summed E-state index contributed by atoms with van der Waals surface area (Å²) in [7, 11) is 3.03. The average molecular weight is 344 g/mol. The average Bonchev–Trinajstić information content (AvgIpc) is 2.62.